The van der Waals surface area contributed by atoms with Crippen molar-refractivity contribution < 1.29 is 9.59 Å². The van der Waals surface area contributed by atoms with E-state index in [1.54, 1.807) is 24.3 Å². The lowest BCUT2D eigenvalue weighted by Gasteiger charge is -1.89. The number of ketones is 1. The molecule has 78 valence electrons. The second-order valence-electron chi connectivity index (χ2n) is 2.78. The third kappa shape index (κ3) is 7.43. The van der Waals surface area contributed by atoms with Gasteiger partial charge in [0.25, 0.3) is 5.91 Å². The number of benzene rings is 1. The Balaban J connectivity index is 0.000000423. The number of Topliss-reactive ketones (excluding diaryl/α,β-unsaturated/α-hetero) is 1. The first kappa shape index (κ1) is 13.4. The van der Waals surface area contributed by atoms with Gasteiger partial charge in [0.2, 0.25) is 0 Å². The first-order valence-corrected chi connectivity index (χ1v) is 4.63. The number of nitrogens with zero attached hydrogens (tertiary/aromatic N) is 1. The van der Waals surface area contributed by atoms with Crippen molar-refractivity contribution in [3.63, 3.8) is 0 Å². The molecule has 0 heterocycles. The van der Waals surface area contributed by atoms with Gasteiger partial charge in [-0.15, -0.1) is 0 Å². The minimum absolute atomic E-state index is 0.167. The summed E-state index contributed by atoms with van der Waals surface area (Å²) in [5, 5.41) is 2.02. The quantitative estimate of drug-likeness (QED) is 0.540. The molecule has 0 N–H and O–H groups in total. The molecule has 0 aromatic heterocycles. The summed E-state index contributed by atoms with van der Waals surface area (Å²) in [6.45, 7) is 3.06. The summed E-state index contributed by atoms with van der Waals surface area (Å²) in [4.78, 5) is 23.7. The highest BCUT2D eigenvalue weighted by molar-refractivity contribution is 7.78. The molecule has 0 atom stereocenters. The third-order valence-electron chi connectivity index (χ3n) is 1.17. The summed E-state index contributed by atoms with van der Waals surface area (Å²) in [6, 6.07) is 8.73. The van der Waals surface area contributed by atoms with E-state index in [0.717, 1.165) is 0 Å². The molecule has 0 aliphatic rings. The van der Waals surface area contributed by atoms with Gasteiger partial charge in [-0.3, -0.25) is 4.79 Å². The van der Waals surface area contributed by atoms with Crippen LogP contribution in [0, 0.1) is 0 Å². The second kappa shape index (κ2) is 7.74. The van der Waals surface area contributed by atoms with Crippen LogP contribution in [0.2, 0.25) is 0 Å². The van der Waals surface area contributed by atoms with Crippen LogP contribution in [0.25, 0.3) is 0 Å². The fourth-order valence-corrected chi connectivity index (χ4v) is 0.770. The lowest BCUT2D eigenvalue weighted by molar-refractivity contribution is -0.114. The van der Waals surface area contributed by atoms with Gasteiger partial charge in [0.1, 0.15) is 5.78 Å². The van der Waals surface area contributed by atoms with E-state index in [1.165, 1.54) is 13.8 Å². The highest BCUT2D eigenvalue weighted by Gasteiger charge is 1.99. The fourth-order valence-electron chi connectivity index (χ4n) is 0.687. The van der Waals surface area contributed by atoms with Crippen LogP contribution >= 0.6 is 12.2 Å². The first-order valence-electron chi connectivity index (χ1n) is 4.22. The maximum absolute atomic E-state index is 10.9. The van der Waals surface area contributed by atoms with Gasteiger partial charge in [0.15, 0.2) is 0 Å². The Labute approximate surface area is 93.8 Å². The molecule has 4 heteroatoms. The molecule has 0 bridgehead atoms. The van der Waals surface area contributed by atoms with Gasteiger partial charge in [-0.1, -0.05) is 18.2 Å². The minimum atomic E-state index is -0.347. The monoisotopic (exact) mass is 221 g/mol. The number of hydrogen-bond acceptors (Lipinski definition) is 3. The maximum Gasteiger partial charge on any atom is 0.285 e. The van der Waals surface area contributed by atoms with Crippen molar-refractivity contribution >= 4 is 29.1 Å². The molecule has 0 spiro atoms. The van der Waals surface area contributed by atoms with Crippen molar-refractivity contribution in [2.24, 2.45) is 4.99 Å². The van der Waals surface area contributed by atoms with Crippen LogP contribution in [0.1, 0.15) is 24.2 Å². The molecular formula is C11H11NO2S. The Morgan fingerprint density at radius 3 is 2.07 bits per heavy atom. The van der Waals surface area contributed by atoms with E-state index in [2.05, 4.69) is 17.2 Å². The van der Waals surface area contributed by atoms with E-state index in [-0.39, 0.29) is 11.7 Å². The van der Waals surface area contributed by atoms with Crippen molar-refractivity contribution in [1.29, 1.82) is 0 Å². The van der Waals surface area contributed by atoms with Crippen LogP contribution in [0.15, 0.2) is 35.3 Å². The van der Waals surface area contributed by atoms with Crippen molar-refractivity contribution in [1.82, 2.24) is 0 Å². The highest BCUT2D eigenvalue weighted by atomic mass is 32.1. The minimum Gasteiger partial charge on any atom is -0.300 e. The molecule has 1 amide bonds. The molecule has 0 fully saturated rings. The number of thiocarbonyl (C=S) groups is 1. The Hall–Kier alpha value is -1.64. The van der Waals surface area contributed by atoms with Gasteiger partial charge in [0, 0.05) is 5.56 Å². The van der Waals surface area contributed by atoms with Crippen molar-refractivity contribution in [3.05, 3.63) is 35.9 Å². The number of isothiocyanates is 1. The Bertz CT molecular complexity index is 377. The molecule has 1 rings (SSSR count). The number of amides is 1. The number of carbonyl (C=O) groups excluding carboxylic acids is 2. The molecule has 1 aromatic rings. The lowest BCUT2D eigenvalue weighted by atomic mass is 10.2. The van der Waals surface area contributed by atoms with Crippen molar-refractivity contribution in [2.45, 2.75) is 13.8 Å². The van der Waals surface area contributed by atoms with Gasteiger partial charge < -0.3 is 4.79 Å². The standard InChI is InChI=1S/C8H5NOS.C3H6O/c10-8(9-6-11)7-4-2-1-3-5-7;1-3(2)4/h1-5H;1-2H3. The number of aliphatic imine (C=N–C) groups is 1. The van der Waals surface area contributed by atoms with E-state index in [4.69, 9.17) is 0 Å². The number of carbonyl (C=O) groups is 2. The van der Waals surface area contributed by atoms with Gasteiger partial charge in [0.05, 0.1) is 5.16 Å². The molecule has 0 radical (unpaired) electrons. The van der Waals surface area contributed by atoms with E-state index in [9.17, 15) is 9.59 Å². The summed E-state index contributed by atoms with van der Waals surface area (Å²) in [5.41, 5.74) is 0.532. The molecule has 0 aliphatic carbocycles. The van der Waals surface area contributed by atoms with Crippen LogP contribution in [-0.4, -0.2) is 16.9 Å². The molecule has 1 aromatic carbocycles. The summed E-state index contributed by atoms with van der Waals surface area (Å²) >= 11 is 4.29. The Morgan fingerprint density at radius 1 is 1.20 bits per heavy atom. The topological polar surface area (TPSA) is 46.5 Å². The van der Waals surface area contributed by atoms with Gasteiger partial charge in [-0.25, -0.2) is 0 Å². The van der Waals surface area contributed by atoms with E-state index < -0.39 is 0 Å². The third-order valence-corrected chi connectivity index (χ3v) is 1.26. The molecule has 0 saturated carbocycles. The average Bonchev–Trinajstić information content (AvgIpc) is 2.19. The van der Waals surface area contributed by atoms with Crippen LogP contribution in [-0.2, 0) is 4.79 Å². The Kier molecular flexibility index (Phi) is 6.89. The normalized spacial score (nSPS) is 7.87. The van der Waals surface area contributed by atoms with E-state index >= 15 is 0 Å². The molecule has 15 heavy (non-hydrogen) atoms. The van der Waals surface area contributed by atoms with Gasteiger partial charge >= 0.3 is 0 Å². The lowest BCUT2D eigenvalue weighted by Crippen LogP contribution is -1.91. The zero-order valence-electron chi connectivity index (χ0n) is 8.56. The molecule has 0 saturated heterocycles. The zero-order chi connectivity index (χ0) is 11.7. The highest BCUT2D eigenvalue weighted by Crippen LogP contribution is 1.99. The number of rotatable bonds is 1. The smallest absolute Gasteiger partial charge is 0.285 e. The molecule has 3 nitrogen and oxygen atoms in total. The van der Waals surface area contributed by atoms with Crippen LogP contribution in [0.3, 0.4) is 0 Å². The van der Waals surface area contributed by atoms with Crippen LogP contribution < -0.4 is 0 Å². The Morgan fingerprint density at radius 2 is 1.67 bits per heavy atom. The zero-order valence-corrected chi connectivity index (χ0v) is 9.38. The summed E-state index contributed by atoms with van der Waals surface area (Å²) in [5.74, 6) is -0.180. The number of hydrogen-bond donors (Lipinski definition) is 0. The summed E-state index contributed by atoms with van der Waals surface area (Å²) in [7, 11) is 0. The maximum atomic E-state index is 10.9. The van der Waals surface area contributed by atoms with E-state index in [1.807, 2.05) is 11.2 Å². The molecule has 0 unspecified atom stereocenters. The average molecular weight is 221 g/mol. The predicted molar refractivity (Wildman–Crippen MR) is 62.2 cm³/mol. The SMILES string of the molecule is CC(C)=O.O=C(N=C=S)c1ccccc1. The van der Waals surface area contributed by atoms with Crippen molar-refractivity contribution in [2.75, 3.05) is 0 Å². The molecular weight excluding hydrogens is 210 g/mol. The predicted octanol–water partition coefficient (Wildman–Crippen LogP) is 2.52. The first-order chi connectivity index (χ1) is 7.07. The van der Waals surface area contributed by atoms with Crippen LogP contribution in [0.5, 0.6) is 0 Å². The van der Waals surface area contributed by atoms with Crippen molar-refractivity contribution in [3.8, 4) is 0 Å². The van der Waals surface area contributed by atoms with Crippen LogP contribution in [0.4, 0.5) is 0 Å². The molecule has 0 aliphatic heterocycles. The largest absolute Gasteiger partial charge is 0.300 e. The summed E-state index contributed by atoms with van der Waals surface area (Å²) < 4.78 is 0. The fraction of sp³-hybridized carbons (Fsp3) is 0.182. The summed E-state index contributed by atoms with van der Waals surface area (Å²) in [6.07, 6.45) is 0. The van der Waals surface area contributed by atoms with Gasteiger partial charge in [-0.05, 0) is 38.2 Å². The second-order valence-corrected chi connectivity index (χ2v) is 2.97. The van der Waals surface area contributed by atoms with E-state index in [0.29, 0.717) is 5.56 Å². The van der Waals surface area contributed by atoms with Gasteiger partial charge in [-0.2, -0.15) is 4.99 Å².